The van der Waals surface area contributed by atoms with Crippen LogP contribution in [-0.2, 0) is 31.3 Å². The van der Waals surface area contributed by atoms with Crippen LogP contribution < -0.4 is 14.4 Å². The third-order valence-corrected chi connectivity index (χ3v) is 14.1. The third kappa shape index (κ3) is 7.13. The van der Waals surface area contributed by atoms with E-state index in [1.165, 1.54) is 11.1 Å². The summed E-state index contributed by atoms with van der Waals surface area (Å²) in [5.41, 5.74) is 3.45. The Morgan fingerprint density at radius 1 is 1.10 bits per heavy atom. The van der Waals surface area contributed by atoms with Crippen LogP contribution in [0.4, 0.5) is 5.69 Å². The van der Waals surface area contributed by atoms with Gasteiger partial charge in [-0.05, 0) is 105 Å². The predicted octanol–water partition coefficient (Wildman–Crippen LogP) is 5.60. The Balaban J connectivity index is 1.22. The minimum Gasteiger partial charge on any atom is -0.490 e. The van der Waals surface area contributed by atoms with Crippen LogP contribution in [0, 0.1) is 17.8 Å². The number of nitrogens with one attached hydrogen (secondary N) is 1. The number of amides is 1. The molecule has 0 unspecified atom stereocenters. The van der Waals surface area contributed by atoms with Crippen molar-refractivity contribution in [2.24, 2.45) is 17.8 Å². The number of rotatable bonds is 5. The number of allylic oxidation sites excluding steroid dienone is 1. The van der Waals surface area contributed by atoms with E-state index in [9.17, 15) is 13.2 Å². The molecule has 6 atom stereocenters. The summed E-state index contributed by atoms with van der Waals surface area (Å²) in [4.78, 5) is 18.3. The Hall–Kier alpha value is -2.63. The van der Waals surface area contributed by atoms with Gasteiger partial charge in [0.1, 0.15) is 5.75 Å². The summed E-state index contributed by atoms with van der Waals surface area (Å²) in [5.74, 6) is 0.619. The lowest BCUT2D eigenvalue weighted by Gasteiger charge is -2.46. The number of aryl methyl sites for hydroxylation is 1. The fourth-order valence-corrected chi connectivity index (χ4v) is 9.97. The molecule has 2 aliphatic carbocycles. The molecule has 3 aliphatic heterocycles. The van der Waals surface area contributed by atoms with Gasteiger partial charge in [-0.15, -0.1) is 0 Å². The maximum Gasteiger partial charge on any atom is 0.264 e. The minimum atomic E-state index is -3.92. The summed E-state index contributed by atoms with van der Waals surface area (Å²) < 4.78 is 48.0. The molecule has 9 nitrogen and oxygen atoms in total. The fourth-order valence-electron chi connectivity index (χ4n) is 8.49. The second kappa shape index (κ2) is 14.2. The lowest BCUT2D eigenvalue weighted by atomic mass is 9.68. The smallest absolute Gasteiger partial charge is 0.264 e. The van der Waals surface area contributed by atoms with E-state index in [-0.39, 0.29) is 17.4 Å². The fraction of sp³-hybridized carbons (Fsp3) is 0.605. The number of hydrogen-bond acceptors (Lipinski definition) is 8. The van der Waals surface area contributed by atoms with E-state index in [1.54, 1.807) is 20.1 Å². The van der Waals surface area contributed by atoms with Gasteiger partial charge in [0, 0.05) is 55.8 Å². The maximum atomic E-state index is 13.5. The first kappa shape index (κ1) is 34.8. The van der Waals surface area contributed by atoms with E-state index in [4.69, 9.17) is 25.8 Å². The van der Waals surface area contributed by atoms with Crippen LogP contribution >= 0.6 is 11.6 Å². The first-order chi connectivity index (χ1) is 23.5. The molecule has 2 bridgehead atoms. The Morgan fingerprint density at radius 2 is 1.94 bits per heavy atom. The number of nitrogens with zero attached hydrogens (tertiary/aromatic N) is 2. The van der Waals surface area contributed by atoms with Gasteiger partial charge in [-0.25, -0.2) is 13.1 Å². The highest BCUT2D eigenvalue weighted by atomic mass is 35.5. The predicted molar refractivity (Wildman–Crippen MR) is 192 cm³/mol. The van der Waals surface area contributed by atoms with E-state index in [1.807, 2.05) is 25.1 Å². The SMILES string of the molecule is COC1CN(CCO[C@H]2/C=C\C[C@H](C)[C@@H](C)S(=O)(=O)NC(=O)c3ccc4c(c3)N(C[C@@H]3CC[C@H]32)C[C@@]2(CCCc3cc(Cl)ccc32)CO4)C1. The van der Waals surface area contributed by atoms with Gasteiger partial charge in [-0.3, -0.25) is 9.69 Å². The van der Waals surface area contributed by atoms with Crippen LogP contribution in [0.25, 0.3) is 0 Å². The van der Waals surface area contributed by atoms with Crippen molar-refractivity contribution in [3.8, 4) is 5.75 Å². The van der Waals surface area contributed by atoms with E-state index >= 15 is 0 Å². The van der Waals surface area contributed by atoms with Crippen LogP contribution in [0.2, 0.25) is 5.02 Å². The van der Waals surface area contributed by atoms with E-state index in [0.29, 0.717) is 48.9 Å². The van der Waals surface area contributed by atoms with Gasteiger partial charge in [0.15, 0.2) is 0 Å². The largest absolute Gasteiger partial charge is 0.490 e. The van der Waals surface area contributed by atoms with Crippen molar-refractivity contribution >= 4 is 33.2 Å². The summed E-state index contributed by atoms with van der Waals surface area (Å²) >= 11 is 6.46. The molecule has 266 valence electrons. The molecule has 1 saturated heterocycles. The number of halogens is 1. The minimum absolute atomic E-state index is 0.0643. The quantitative estimate of drug-likeness (QED) is 0.401. The molecule has 2 aromatic carbocycles. The third-order valence-electron chi connectivity index (χ3n) is 12.0. The number of ether oxygens (including phenoxy) is 3. The van der Waals surface area contributed by atoms with Crippen LogP contribution in [-0.4, -0.2) is 89.7 Å². The first-order valence-electron chi connectivity index (χ1n) is 18.0. The summed E-state index contributed by atoms with van der Waals surface area (Å²) in [6.07, 6.45) is 10.3. The highest BCUT2D eigenvalue weighted by Crippen LogP contribution is 2.47. The van der Waals surface area contributed by atoms with Crippen LogP contribution in [0.1, 0.15) is 67.4 Å². The number of benzene rings is 2. The zero-order valence-electron chi connectivity index (χ0n) is 28.9. The van der Waals surface area contributed by atoms with Gasteiger partial charge in [-0.1, -0.05) is 36.7 Å². The number of carbonyl (C=O) groups is 1. The summed E-state index contributed by atoms with van der Waals surface area (Å²) in [7, 11) is -2.16. The molecule has 0 aromatic heterocycles. The number of fused-ring (bicyclic) bond motifs is 4. The first-order valence-corrected chi connectivity index (χ1v) is 19.9. The van der Waals surface area contributed by atoms with E-state index in [0.717, 1.165) is 75.5 Å². The van der Waals surface area contributed by atoms with Crippen molar-refractivity contribution < 1.29 is 27.4 Å². The normalized spacial score (nSPS) is 32.4. The molecular formula is C38H50ClN3O6S. The van der Waals surface area contributed by atoms with E-state index in [2.05, 4.69) is 38.8 Å². The standard InChI is InChI=1S/C38H50ClN3O6S/c1-25-6-4-8-35(47-17-16-41-21-31(22-41)46-3)32-12-9-29(32)20-42-23-38(15-5-7-27-18-30(39)11-13-33(27)38)24-48-36-14-10-28(19-34(36)42)37(43)40-49(44,45)26(25)2/h4,8,10-11,13-14,18-19,25-26,29,31-32,35H,5-7,9,12,15-17,20-24H2,1-3H3,(H,40,43)/b8-4-/t25-,26+,29-,32+,35-,38-/m0/s1. The van der Waals surface area contributed by atoms with Gasteiger partial charge < -0.3 is 19.1 Å². The summed E-state index contributed by atoms with van der Waals surface area (Å²) in [6, 6.07) is 11.6. The van der Waals surface area contributed by atoms with Crippen molar-refractivity contribution in [3.05, 3.63) is 70.3 Å². The maximum absolute atomic E-state index is 13.5. The van der Waals surface area contributed by atoms with Crippen molar-refractivity contribution in [1.29, 1.82) is 0 Å². The van der Waals surface area contributed by atoms with Gasteiger partial charge in [-0.2, -0.15) is 0 Å². The molecular weight excluding hydrogens is 662 g/mol. The molecule has 2 aromatic rings. The molecule has 1 N–H and O–H groups in total. The molecule has 1 spiro atoms. The average molecular weight is 712 g/mol. The second-order valence-electron chi connectivity index (χ2n) is 15.1. The zero-order chi connectivity index (χ0) is 34.3. The number of hydrogen-bond donors (Lipinski definition) is 1. The molecule has 7 rings (SSSR count). The number of sulfonamides is 1. The number of carbonyl (C=O) groups excluding carboxylic acids is 1. The molecule has 49 heavy (non-hydrogen) atoms. The Labute approximate surface area is 296 Å². The molecule has 2 fully saturated rings. The molecule has 1 amide bonds. The lowest BCUT2D eigenvalue weighted by molar-refractivity contribution is -0.0592. The zero-order valence-corrected chi connectivity index (χ0v) is 30.5. The number of likely N-dealkylation sites (tertiary alicyclic amines) is 1. The van der Waals surface area contributed by atoms with Crippen molar-refractivity contribution in [3.63, 3.8) is 0 Å². The average Bonchev–Trinajstić information content (AvgIpc) is 3.19. The van der Waals surface area contributed by atoms with Gasteiger partial charge in [0.05, 0.1) is 36.4 Å². The van der Waals surface area contributed by atoms with Crippen molar-refractivity contribution in [2.75, 3.05) is 57.9 Å². The van der Waals surface area contributed by atoms with Crippen LogP contribution in [0.3, 0.4) is 0 Å². The van der Waals surface area contributed by atoms with Gasteiger partial charge in [0.2, 0.25) is 10.0 Å². The molecule has 5 aliphatic rings. The van der Waals surface area contributed by atoms with Crippen molar-refractivity contribution in [1.82, 2.24) is 9.62 Å². The molecule has 3 heterocycles. The van der Waals surface area contributed by atoms with Gasteiger partial charge in [0.25, 0.3) is 5.91 Å². The Kier molecular flexibility index (Phi) is 10.1. The second-order valence-corrected chi connectivity index (χ2v) is 17.5. The summed E-state index contributed by atoms with van der Waals surface area (Å²) in [6.45, 7) is 8.99. The van der Waals surface area contributed by atoms with Crippen LogP contribution in [0.5, 0.6) is 5.75 Å². The highest BCUT2D eigenvalue weighted by molar-refractivity contribution is 7.90. The molecule has 11 heteroatoms. The summed E-state index contributed by atoms with van der Waals surface area (Å²) in [5, 5.41) is -0.0117. The monoisotopic (exact) mass is 711 g/mol. The van der Waals surface area contributed by atoms with Crippen molar-refractivity contribution in [2.45, 2.75) is 75.2 Å². The van der Waals surface area contributed by atoms with E-state index < -0.39 is 21.2 Å². The topological polar surface area (TPSA) is 97.4 Å². The number of methoxy groups -OCH3 is 1. The lowest BCUT2D eigenvalue weighted by Crippen LogP contribution is -2.53. The number of anilines is 1. The van der Waals surface area contributed by atoms with Gasteiger partial charge >= 0.3 is 0 Å². The Bertz CT molecular complexity index is 1680. The molecule has 0 radical (unpaired) electrons. The Morgan fingerprint density at radius 3 is 2.71 bits per heavy atom. The molecule has 1 saturated carbocycles. The highest BCUT2D eigenvalue weighted by Gasteiger charge is 2.45. The van der Waals surface area contributed by atoms with Crippen LogP contribution in [0.15, 0.2) is 48.6 Å².